The van der Waals surface area contributed by atoms with Gasteiger partial charge in [-0.15, -0.1) is 0 Å². The number of nitrogens with zero attached hydrogens (tertiary/aromatic N) is 1. The van der Waals surface area contributed by atoms with Gasteiger partial charge < -0.3 is 5.32 Å². The third-order valence-corrected chi connectivity index (χ3v) is 3.53. The molecule has 0 saturated heterocycles. The molecular weight excluding hydrogens is 262 g/mol. The van der Waals surface area contributed by atoms with Gasteiger partial charge in [0.15, 0.2) is 0 Å². The van der Waals surface area contributed by atoms with Crippen molar-refractivity contribution in [1.29, 1.82) is 0 Å². The van der Waals surface area contributed by atoms with Crippen molar-refractivity contribution in [2.75, 3.05) is 5.32 Å². The van der Waals surface area contributed by atoms with Crippen molar-refractivity contribution >= 4 is 15.8 Å². The molecule has 0 aliphatic rings. The lowest BCUT2D eigenvalue weighted by atomic mass is 10.2. The summed E-state index contributed by atoms with van der Waals surface area (Å²) in [5, 5.41) is 8.23. The van der Waals surface area contributed by atoms with Crippen molar-refractivity contribution in [3.8, 4) is 0 Å². The molecule has 0 amide bonds. The summed E-state index contributed by atoms with van der Waals surface area (Å²) < 4.78 is 22.5. The molecule has 100 valence electrons. The van der Waals surface area contributed by atoms with Crippen LogP contribution in [-0.2, 0) is 16.6 Å². The molecule has 19 heavy (non-hydrogen) atoms. The Morgan fingerprint density at radius 3 is 2.74 bits per heavy atom. The van der Waals surface area contributed by atoms with E-state index in [1.54, 1.807) is 18.3 Å². The molecule has 3 N–H and O–H groups in total. The lowest BCUT2D eigenvalue weighted by Crippen LogP contribution is -2.12. The average molecular weight is 277 g/mol. The molecule has 0 bridgehead atoms. The molecule has 2 aromatic rings. The highest BCUT2D eigenvalue weighted by molar-refractivity contribution is 7.89. The molecule has 1 heterocycles. The predicted octanol–water partition coefficient (Wildman–Crippen LogP) is 1.65. The summed E-state index contributed by atoms with van der Waals surface area (Å²) in [6.45, 7) is 2.47. The molecular formula is C13H15N3O2S. The maximum absolute atomic E-state index is 11.2. The van der Waals surface area contributed by atoms with Crippen LogP contribution in [0.1, 0.15) is 11.1 Å². The maximum Gasteiger partial charge on any atom is 0.238 e. The molecule has 0 spiro atoms. The van der Waals surface area contributed by atoms with Crippen molar-refractivity contribution in [1.82, 2.24) is 4.98 Å². The van der Waals surface area contributed by atoms with Gasteiger partial charge in [0.05, 0.1) is 4.90 Å². The fraction of sp³-hybridized carbons (Fsp3) is 0.154. The molecule has 1 aromatic heterocycles. The first kappa shape index (κ1) is 13.5. The summed E-state index contributed by atoms with van der Waals surface area (Å²) in [5.41, 5.74) is 1.94. The molecule has 0 radical (unpaired) electrons. The zero-order chi connectivity index (χ0) is 13.9. The number of hydrogen-bond donors (Lipinski definition) is 2. The van der Waals surface area contributed by atoms with Gasteiger partial charge in [0, 0.05) is 12.7 Å². The van der Waals surface area contributed by atoms with Gasteiger partial charge in [-0.3, -0.25) is 0 Å². The molecule has 0 fully saturated rings. The Hall–Kier alpha value is -1.92. The lowest BCUT2D eigenvalue weighted by Gasteiger charge is -2.07. The monoisotopic (exact) mass is 277 g/mol. The molecule has 6 heteroatoms. The highest BCUT2D eigenvalue weighted by atomic mass is 32.2. The van der Waals surface area contributed by atoms with Crippen molar-refractivity contribution in [2.45, 2.75) is 18.4 Å². The SMILES string of the molecule is Cc1ccnc(NCc2cccc(S(N)(=O)=O)c2)c1. The normalized spacial score (nSPS) is 11.3. The quantitative estimate of drug-likeness (QED) is 0.889. The van der Waals surface area contributed by atoms with Crippen LogP contribution in [0.15, 0.2) is 47.5 Å². The third kappa shape index (κ3) is 3.77. The highest BCUT2D eigenvalue weighted by Crippen LogP contribution is 2.12. The fourth-order valence-electron chi connectivity index (χ4n) is 1.66. The number of sulfonamides is 1. The first-order valence-corrected chi connectivity index (χ1v) is 7.28. The topological polar surface area (TPSA) is 85.1 Å². The van der Waals surface area contributed by atoms with E-state index in [-0.39, 0.29) is 4.90 Å². The second-order valence-corrected chi connectivity index (χ2v) is 5.83. The molecule has 0 unspecified atom stereocenters. The number of hydrogen-bond acceptors (Lipinski definition) is 4. The number of primary sulfonamides is 1. The van der Waals surface area contributed by atoms with E-state index >= 15 is 0 Å². The van der Waals surface area contributed by atoms with Gasteiger partial charge in [-0.05, 0) is 42.3 Å². The van der Waals surface area contributed by atoms with Crippen LogP contribution in [0.3, 0.4) is 0 Å². The number of benzene rings is 1. The van der Waals surface area contributed by atoms with Gasteiger partial charge >= 0.3 is 0 Å². The third-order valence-electron chi connectivity index (χ3n) is 2.62. The van der Waals surface area contributed by atoms with E-state index in [1.807, 2.05) is 25.1 Å². The van der Waals surface area contributed by atoms with Crippen LogP contribution in [0.2, 0.25) is 0 Å². The number of pyridine rings is 1. The maximum atomic E-state index is 11.2. The summed E-state index contributed by atoms with van der Waals surface area (Å²) in [4.78, 5) is 4.29. The van der Waals surface area contributed by atoms with Gasteiger partial charge in [-0.1, -0.05) is 12.1 Å². The van der Waals surface area contributed by atoms with Crippen LogP contribution in [0.5, 0.6) is 0 Å². The van der Waals surface area contributed by atoms with Gasteiger partial charge in [0.1, 0.15) is 5.82 Å². The minimum Gasteiger partial charge on any atom is -0.366 e. The van der Waals surface area contributed by atoms with Crippen molar-refractivity contribution in [3.05, 3.63) is 53.7 Å². The van der Waals surface area contributed by atoms with E-state index in [4.69, 9.17) is 5.14 Å². The molecule has 0 saturated carbocycles. The van der Waals surface area contributed by atoms with Crippen LogP contribution >= 0.6 is 0 Å². The largest absolute Gasteiger partial charge is 0.366 e. The van der Waals surface area contributed by atoms with Gasteiger partial charge in [0.2, 0.25) is 10.0 Å². The van der Waals surface area contributed by atoms with E-state index in [0.29, 0.717) is 6.54 Å². The Balaban J connectivity index is 2.12. The summed E-state index contributed by atoms with van der Waals surface area (Å²) in [6, 6.07) is 10.4. The van der Waals surface area contributed by atoms with Gasteiger partial charge in [-0.2, -0.15) is 0 Å². The van der Waals surface area contributed by atoms with E-state index in [9.17, 15) is 8.42 Å². The number of aryl methyl sites for hydroxylation is 1. The Kier molecular flexibility index (Phi) is 3.82. The summed E-state index contributed by atoms with van der Waals surface area (Å²) >= 11 is 0. The molecule has 2 rings (SSSR count). The average Bonchev–Trinajstić information content (AvgIpc) is 2.36. The van der Waals surface area contributed by atoms with E-state index in [1.165, 1.54) is 6.07 Å². The molecule has 0 aliphatic carbocycles. The molecule has 5 nitrogen and oxygen atoms in total. The standard InChI is InChI=1S/C13H15N3O2S/c1-10-5-6-15-13(7-10)16-9-11-3-2-4-12(8-11)19(14,17)18/h2-8H,9H2,1H3,(H,15,16)(H2,14,17,18). The van der Waals surface area contributed by atoms with Gasteiger partial charge in [0.25, 0.3) is 0 Å². The van der Waals surface area contributed by atoms with Crippen LogP contribution in [0.4, 0.5) is 5.82 Å². The molecule has 0 atom stereocenters. The predicted molar refractivity (Wildman–Crippen MR) is 74.1 cm³/mol. The number of rotatable bonds is 4. The van der Waals surface area contributed by atoms with E-state index in [2.05, 4.69) is 10.3 Å². The number of nitrogens with two attached hydrogens (primary N) is 1. The van der Waals surface area contributed by atoms with Crippen LogP contribution in [-0.4, -0.2) is 13.4 Å². The number of nitrogens with one attached hydrogen (secondary N) is 1. The lowest BCUT2D eigenvalue weighted by molar-refractivity contribution is 0.597. The second kappa shape index (κ2) is 5.38. The van der Waals surface area contributed by atoms with Crippen LogP contribution in [0.25, 0.3) is 0 Å². The van der Waals surface area contributed by atoms with E-state index < -0.39 is 10.0 Å². The Bertz CT molecular complexity index is 684. The Morgan fingerprint density at radius 1 is 1.26 bits per heavy atom. The van der Waals surface area contributed by atoms with Crippen molar-refractivity contribution in [2.24, 2.45) is 5.14 Å². The van der Waals surface area contributed by atoms with Crippen molar-refractivity contribution in [3.63, 3.8) is 0 Å². The van der Waals surface area contributed by atoms with Gasteiger partial charge in [-0.25, -0.2) is 18.5 Å². The fourth-order valence-corrected chi connectivity index (χ4v) is 2.24. The first-order valence-electron chi connectivity index (χ1n) is 5.73. The Labute approximate surface area is 112 Å². The summed E-state index contributed by atoms with van der Waals surface area (Å²) in [5.74, 6) is 0.751. The van der Waals surface area contributed by atoms with Crippen LogP contribution in [0, 0.1) is 6.92 Å². The van der Waals surface area contributed by atoms with E-state index in [0.717, 1.165) is 16.9 Å². The Morgan fingerprint density at radius 2 is 2.05 bits per heavy atom. The summed E-state index contributed by atoms with van der Waals surface area (Å²) in [6.07, 6.45) is 1.72. The molecule has 1 aromatic carbocycles. The zero-order valence-electron chi connectivity index (χ0n) is 10.5. The second-order valence-electron chi connectivity index (χ2n) is 4.26. The minimum atomic E-state index is -3.66. The highest BCUT2D eigenvalue weighted by Gasteiger charge is 2.07. The summed E-state index contributed by atoms with van der Waals surface area (Å²) in [7, 11) is -3.66. The smallest absolute Gasteiger partial charge is 0.238 e. The molecule has 0 aliphatic heterocycles. The minimum absolute atomic E-state index is 0.115. The van der Waals surface area contributed by atoms with Crippen molar-refractivity contribution < 1.29 is 8.42 Å². The number of aromatic nitrogens is 1. The first-order chi connectivity index (χ1) is 8.95. The number of anilines is 1. The zero-order valence-corrected chi connectivity index (χ0v) is 11.3. The van der Waals surface area contributed by atoms with Crippen LogP contribution < -0.4 is 10.5 Å².